The number of hydrogen-bond donors (Lipinski definition) is 2. The standard InChI is InChI=1S/C31H34N12O2/c1-21-34-36-38-42(21)32-18-23-7-9-29(44)27(16-23)31(26-6-4-5-25(15-26)20-41-13-11-40(3)12-14-41)28-17-24(8-10-30(28)45)19-33-43-22(2)35-37-39-43/h4-10,15-19,31,44-45H,11-14,20H2,1-3H3. The summed E-state index contributed by atoms with van der Waals surface area (Å²) in [6.45, 7) is 8.37. The highest BCUT2D eigenvalue weighted by Gasteiger charge is 2.25. The van der Waals surface area contributed by atoms with Gasteiger partial charge in [-0.25, -0.2) is 0 Å². The van der Waals surface area contributed by atoms with Gasteiger partial charge in [0.25, 0.3) is 0 Å². The summed E-state index contributed by atoms with van der Waals surface area (Å²) in [6.07, 6.45) is 3.26. The average molecular weight is 607 g/mol. The maximum Gasteiger partial charge on any atom is 0.173 e. The molecule has 14 nitrogen and oxygen atoms in total. The van der Waals surface area contributed by atoms with Gasteiger partial charge in [0.15, 0.2) is 11.6 Å². The number of aryl methyl sites for hydroxylation is 2. The van der Waals surface area contributed by atoms with Crippen LogP contribution in [0, 0.1) is 13.8 Å². The van der Waals surface area contributed by atoms with Gasteiger partial charge in [0, 0.05) is 49.8 Å². The van der Waals surface area contributed by atoms with Crippen LogP contribution in [0.2, 0.25) is 0 Å². The number of tetrazole rings is 2. The molecule has 1 aliphatic heterocycles. The van der Waals surface area contributed by atoms with E-state index < -0.39 is 5.92 Å². The molecular weight excluding hydrogens is 572 g/mol. The van der Waals surface area contributed by atoms with Crippen LogP contribution >= 0.6 is 0 Å². The van der Waals surface area contributed by atoms with Crippen LogP contribution in [0.3, 0.4) is 0 Å². The van der Waals surface area contributed by atoms with Crippen molar-refractivity contribution in [1.29, 1.82) is 0 Å². The van der Waals surface area contributed by atoms with E-state index in [-0.39, 0.29) is 11.5 Å². The highest BCUT2D eigenvalue weighted by molar-refractivity contribution is 5.82. The third-order valence-electron chi connectivity index (χ3n) is 7.85. The van der Waals surface area contributed by atoms with Crippen LogP contribution in [0.1, 0.15) is 50.9 Å². The van der Waals surface area contributed by atoms with Crippen LogP contribution in [0.5, 0.6) is 11.5 Å². The molecule has 0 aliphatic carbocycles. The van der Waals surface area contributed by atoms with Crippen LogP contribution in [0.4, 0.5) is 0 Å². The number of benzene rings is 3. The number of likely N-dealkylation sites (N-methyl/N-ethyl adjacent to an activating group) is 1. The fraction of sp³-hybridized carbons (Fsp3) is 0.290. The van der Waals surface area contributed by atoms with Crippen molar-refractivity contribution in [1.82, 2.24) is 50.4 Å². The van der Waals surface area contributed by atoms with Gasteiger partial charge in [0.2, 0.25) is 0 Å². The Bertz CT molecular complexity index is 1740. The lowest BCUT2D eigenvalue weighted by molar-refractivity contribution is 0.148. The normalized spacial score (nSPS) is 15.4. The number of phenolic OH excluding ortho intramolecular Hbond substituents is 2. The number of piperazine rings is 1. The molecule has 45 heavy (non-hydrogen) atoms. The lowest BCUT2D eigenvalue weighted by Crippen LogP contribution is -2.43. The number of nitrogens with zero attached hydrogens (tertiary/aromatic N) is 12. The van der Waals surface area contributed by atoms with Gasteiger partial charge in [-0.1, -0.05) is 24.3 Å². The minimum Gasteiger partial charge on any atom is -0.508 e. The third kappa shape index (κ3) is 6.92. The summed E-state index contributed by atoms with van der Waals surface area (Å²) in [4.78, 5) is 7.43. The molecule has 0 unspecified atom stereocenters. The van der Waals surface area contributed by atoms with E-state index >= 15 is 0 Å². The van der Waals surface area contributed by atoms with Crippen LogP contribution in [0.25, 0.3) is 0 Å². The molecule has 3 heterocycles. The Morgan fingerprint density at radius 1 is 0.756 bits per heavy atom. The molecule has 0 amide bonds. The Balaban J connectivity index is 1.42. The second-order valence-electron chi connectivity index (χ2n) is 11.1. The highest BCUT2D eigenvalue weighted by Crippen LogP contribution is 2.41. The first kappa shape index (κ1) is 29.7. The molecule has 2 aromatic heterocycles. The number of phenols is 2. The zero-order chi connectivity index (χ0) is 31.3. The van der Waals surface area contributed by atoms with Gasteiger partial charge in [-0.2, -0.15) is 10.2 Å². The number of hydrogen-bond acceptors (Lipinski definition) is 12. The number of aromatic hydroxyl groups is 2. The maximum atomic E-state index is 11.3. The summed E-state index contributed by atoms with van der Waals surface area (Å²) in [5, 5.41) is 54.0. The van der Waals surface area contributed by atoms with E-state index in [1.807, 2.05) is 24.3 Å². The van der Waals surface area contributed by atoms with Crippen molar-refractivity contribution < 1.29 is 10.2 Å². The Morgan fingerprint density at radius 3 is 1.82 bits per heavy atom. The van der Waals surface area contributed by atoms with E-state index in [1.54, 1.807) is 50.5 Å². The smallest absolute Gasteiger partial charge is 0.173 e. The van der Waals surface area contributed by atoms with E-state index in [2.05, 4.69) is 70.2 Å². The summed E-state index contributed by atoms with van der Waals surface area (Å²) in [5.74, 6) is 0.732. The van der Waals surface area contributed by atoms with Crippen molar-refractivity contribution in [3.8, 4) is 11.5 Å². The second kappa shape index (κ2) is 13.1. The molecule has 6 rings (SSSR count). The Labute approximate surface area is 259 Å². The molecule has 5 aromatic rings. The Hall–Kier alpha value is -5.34. The lowest BCUT2D eigenvalue weighted by atomic mass is 9.82. The first-order chi connectivity index (χ1) is 21.8. The molecule has 3 aromatic carbocycles. The SMILES string of the molecule is Cc1nnnn1N=Cc1ccc(O)c(C(c2cccc(CN3CCN(C)CC3)c2)c2cc(C=Nn3nnnc3C)ccc2O)c1. The fourth-order valence-corrected chi connectivity index (χ4v) is 5.34. The summed E-state index contributed by atoms with van der Waals surface area (Å²) in [5.41, 5.74) is 4.72. The van der Waals surface area contributed by atoms with E-state index in [4.69, 9.17) is 0 Å². The van der Waals surface area contributed by atoms with Crippen LogP contribution < -0.4 is 0 Å². The van der Waals surface area contributed by atoms with Crippen molar-refractivity contribution in [2.75, 3.05) is 33.2 Å². The van der Waals surface area contributed by atoms with Crippen LogP contribution in [0.15, 0.2) is 70.9 Å². The van der Waals surface area contributed by atoms with Gasteiger partial charge in [-0.05, 0) is 100 Å². The topological polar surface area (TPSA) is 159 Å². The van der Waals surface area contributed by atoms with Crippen molar-refractivity contribution in [2.24, 2.45) is 10.2 Å². The molecule has 0 radical (unpaired) electrons. The second-order valence-corrected chi connectivity index (χ2v) is 11.1. The van der Waals surface area contributed by atoms with E-state index in [0.29, 0.717) is 22.8 Å². The average Bonchev–Trinajstić information content (AvgIpc) is 3.65. The van der Waals surface area contributed by atoms with E-state index in [9.17, 15) is 10.2 Å². The largest absolute Gasteiger partial charge is 0.508 e. The molecule has 0 bridgehead atoms. The highest BCUT2D eigenvalue weighted by atomic mass is 16.3. The first-order valence-electron chi connectivity index (χ1n) is 14.6. The van der Waals surface area contributed by atoms with Crippen LogP contribution in [-0.4, -0.2) is 106 Å². The van der Waals surface area contributed by atoms with E-state index in [0.717, 1.165) is 55.0 Å². The lowest BCUT2D eigenvalue weighted by Gasteiger charge is -2.32. The third-order valence-corrected chi connectivity index (χ3v) is 7.85. The number of aromatic nitrogens is 8. The van der Waals surface area contributed by atoms with Gasteiger partial charge in [-0.3, -0.25) is 4.90 Å². The minimum atomic E-state index is -0.524. The maximum absolute atomic E-state index is 11.3. The van der Waals surface area contributed by atoms with Gasteiger partial charge < -0.3 is 15.1 Å². The van der Waals surface area contributed by atoms with Crippen LogP contribution in [-0.2, 0) is 6.54 Å². The van der Waals surface area contributed by atoms with Crippen molar-refractivity contribution in [2.45, 2.75) is 26.3 Å². The Morgan fingerprint density at radius 2 is 1.31 bits per heavy atom. The van der Waals surface area contributed by atoms with Gasteiger partial charge >= 0.3 is 0 Å². The number of rotatable bonds is 9. The predicted octanol–water partition coefficient (Wildman–Crippen LogP) is 2.38. The molecule has 1 saturated heterocycles. The summed E-state index contributed by atoms with van der Waals surface area (Å²) >= 11 is 0. The molecule has 14 heteroatoms. The van der Waals surface area contributed by atoms with Crippen molar-refractivity contribution in [3.05, 3.63) is 106 Å². The predicted molar refractivity (Wildman–Crippen MR) is 167 cm³/mol. The molecule has 2 N–H and O–H groups in total. The molecule has 0 spiro atoms. The Kier molecular flexibility index (Phi) is 8.66. The zero-order valence-electron chi connectivity index (χ0n) is 25.3. The van der Waals surface area contributed by atoms with E-state index in [1.165, 1.54) is 9.58 Å². The molecular formula is C31H34N12O2. The van der Waals surface area contributed by atoms with Gasteiger partial charge in [0.05, 0.1) is 12.4 Å². The molecule has 1 aliphatic rings. The van der Waals surface area contributed by atoms with Gasteiger partial charge in [0.1, 0.15) is 11.5 Å². The first-order valence-corrected chi connectivity index (χ1v) is 14.6. The zero-order valence-corrected chi connectivity index (χ0v) is 25.3. The molecule has 0 atom stereocenters. The van der Waals surface area contributed by atoms with Crippen molar-refractivity contribution in [3.63, 3.8) is 0 Å². The van der Waals surface area contributed by atoms with Crippen molar-refractivity contribution >= 4 is 12.4 Å². The quantitative estimate of drug-likeness (QED) is 0.188. The molecule has 1 fully saturated rings. The summed E-state index contributed by atoms with van der Waals surface area (Å²) in [7, 11) is 2.15. The minimum absolute atomic E-state index is 0.0861. The molecule has 230 valence electrons. The van der Waals surface area contributed by atoms with Gasteiger partial charge in [-0.15, -0.1) is 19.8 Å². The summed E-state index contributed by atoms with van der Waals surface area (Å²) in [6, 6.07) is 18.8. The fourth-order valence-electron chi connectivity index (χ4n) is 5.34. The summed E-state index contributed by atoms with van der Waals surface area (Å²) < 4.78 is 0. The monoisotopic (exact) mass is 606 g/mol. The molecule has 0 saturated carbocycles.